The number of pyridine rings is 1. The second kappa shape index (κ2) is 13.1. The van der Waals surface area contributed by atoms with E-state index in [-0.39, 0.29) is 17.9 Å². The van der Waals surface area contributed by atoms with Crippen LogP contribution in [0.3, 0.4) is 0 Å². The number of aliphatic hydroxyl groups excluding tert-OH is 1. The van der Waals surface area contributed by atoms with Gasteiger partial charge in [0.25, 0.3) is 11.7 Å². The van der Waals surface area contributed by atoms with Gasteiger partial charge in [0.05, 0.1) is 18.2 Å². The zero-order chi connectivity index (χ0) is 27.8. The summed E-state index contributed by atoms with van der Waals surface area (Å²) in [5.74, 6) is -0.827. The number of unbranched alkanes of at least 4 members (excludes halogenated alkanes) is 2. The Labute approximate surface area is 230 Å². The van der Waals surface area contributed by atoms with E-state index in [1.807, 2.05) is 36.4 Å². The Bertz CT molecular complexity index is 1280. The molecule has 1 aliphatic heterocycles. The van der Waals surface area contributed by atoms with Gasteiger partial charge in [-0.1, -0.05) is 31.9 Å². The highest BCUT2D eigenvalue weighted by molar-refractivity contribution is 6.46. The minimum atomic E-state index is -0.728. The Morgan fingerprint density at radius 3 is 2.21 bits per heavy atom. The number of benzene rings is 2. The van der Waals surface area contributed by atoms with E-state index in [2.05, 4.69) is 30.7 Å². The first kappa shape index (κ1) is 27.9. The Kier molecular flexibility index (Phi) is 9.36. The van der Waals surface area contributed by atoms with Crippen LogP contribution < -0.4 is 9.64 Å². The molecule has 39 heavy (non-hydrogen) atoms. The maximum atomic E-state index is 13.4. The lowest BCUT2D eigenvalue weighted by atomic mass is 9.95. The second-order valence-electron chi connectivity index (χ2n) is 9.63. The molecular formula is C32H37N3O4. The number of nitrogens with zero attached hydrogens (tertiary/aromatic N) is 3. The van der Waals surface area contributed by atoms with Crippen molar-refractivity contribution in [1.29, 1.82) is 0 Å². The van der Waals surface area contributed by atoms with Crippen molar-refractivity contribution in [2.24, 2.45) is 0 Å². The van der Waals surface area contributed by atoms with Gasteiger partial charge in [-0.3, -0.25) is 14.6 Å². The predicted molar refractivity (Wildman–Crippen MR) is 154 cm³/mol. The number of Topliss-reactive ketones (excluding diaryl/α,β-unsaturated/α-hetero) is 1. The first-order chi connectivity index (χ1) is 19.0. The highest BCUT2D eigenvalue weighted by atomic mass is 16.5. The highest BCUT2D eigenvalue weighted by Crippen LogP contribution is 2.41. The number of anilines is 1. The van der Waals surface area contributed by atoms with Crippen molar-refractivity contribution in [3.05, 3.63) is 95.3 Å². The zero-order valence-corrected chi connectivity index (χ0v) is 23.0. The molecule has 0 spiro atoms. The van der Waals surface area contributed by atoms with E-state index in [1.165, 1.54) is 4.90 Å². The number of carbonyl (C=O) groups is 2. The van der Waals surface area contributed by atoms with E-state index < -0.39 is 17.7 Å². The van der Waals surface area contributed by atoms with Gasteiger partial charge in [0.2, 0.25) is 0 Å². The molecule has 1 saturated heterocycles. The van der Waals surface area contributed by atoms with Crippen LogP contribution in [0.15, 0.2) is 78.6 Å². The lowest BCUT2D eigenvalue weighted by Crippen LogP contribution is -2.29. The van der Waals surface area contributed by atoms with Gasteiger partial charge < -0.3 is 19.6 Å². The van der Waals surface area contributed by atoms with Crippen LogP contribution in [0.5, 0.6) is 5.75 Å². The minimum Gasteiger partial charge on any atom is -0.507 e. The monoisotopic (exact) mass is 527 g/mol. The van der Waals surface area contributed by atoms with Gasteiger partial charge in [-0.2, -0.15) is 0 Å². The molecule has 0 aliphatic carbocycles. The van der Waals surface area contributed by atoms with Crippen LogP contribution in [0.2, 0.25) is 0 Å². The van der Waals surface area contributed by atoms with E-state index in [0.717, 1.165) is 49.2 Å². The molecule has 1 aromatic heterocycles. The third-order valence-corrected chi connectivity index (χ3v) is 7.12. The van der Waals surface area contributed by atoms with E-state index in [0.29, 0.717) is 17.9 Å². The summed E-state index contributed by atoms with van der Waals surface area (Å²) < 4.78 is 5.79. The largest absolute Gasteiger partial charge is 0.507 e. The summed E-state index contributed by atoms with van der Waals surface area (Å²) >= 11 is 0. The quantitative estimate of drug-likeness (QED) is 0.132. The average Bonchev–Trinajstić information content (AvgIpc) is 3.22. The van der Waals surface area contributed by atoms with Crippen molar-refractivity contribution in [3.63, 3.8) is 0 Å². The molecule has 7 nitrogen and oxygen atoms in total. The topological polar surface area (TPSA) is 83.0 Å². The Morgan fingerprint density at radius 1 is 0.923 bits per heavy atom. The summed E-state index contributed by atoms with van der Waals surface area (Å²) in [6.07, 6.45) is 6.52. The molecule has 7 heteroatoms. The van der Waals surface area contributed by atoms with Crippen LogP contribution in [0.4, 0.5) is 5.69 Å². The predicted octanol–water partition coefficient (Wildman–Crippen LogP) is 6.12. The Hall–Kier alpha value is -4.13. The normalized spacial score (nSPS) is 16.5. The fraction of sp³-hybridized carbons (Fsp3) is 0.344. The molecule has 0 saturated carbocycles. The summed E-state index contributed by atoms with van der Waals surface area (Å²) in [5.41, 5.74) is 3.21. The van der Waals surface area contributed by atoms with Gasteiger partial charge in [-0.25, -0.2) is 0 Å². The van der Waals surface area contributed by atoms with Gasteiger partial charge in [-0.05, 0) is 79.9 Å². The van der Waals surface area contributed by atoms with Gasteiger partial charge in [0.15, 0.2) is 0 Å². The first-order valence-electron chi connectivity index (χ1n) is 13.7. The first-order valence-corrected chi connectivity index (χ1v) is 13.7. The zero-order valence-electron chi connectivity index (χ0n) is 23.0. The molecule has 0 radical (unpaired) electrons. The van der Waals surface area contributed by atoms with Crippen LogP contribution in [0.25, 0.3) is 5.76 Å². The number of hydrogen-bond acceptors (Lipinski definition) is 6. The molecule has 4 rings (SSSR count). The molecular weight excluding hydrogens is 490 g/mol. The summed E-state index contributed by atoms with van der Waals surface area (Å²) in [6, 6.07) is 17.8. The Morgan fingerprint density at radius 2 is 1.59 bits per heavy atom. The molecule has 0 bridgehead atoms. The SMILES string of the molecule is CCCCCOc1ccc(/C(O)=C2/C(=O)C(=O)N(Cc3ccncc3)C2c2ccc(N(CC)CC)cc2)cc1. The van der Waals surface area contributed by atoms with E-state index in [4.69, 9.17) is 4.74 Å². The van der Waals surface area contributed by atoms with Gasteiger partial charge in [-0.15, -0.1) is 0 Å². The standard InChI is InChI=1S/C32H37N3O4/c1-4-7-8-21-39-27-15-11-25(12-16-27)30(36)28-29(24-9-13-26(14-10-24)34(5-2)6-3)35(32(38)31(28)37)22-23-17-19-33-20-18-23/h9-20,29,36H,4-8,21-22H2,1-3H3/b30-28-. The maximum Gasteiger partial charge on any atom is 0.295 e. The maximum absolute atomic E-state index is 13.4. The number of aliphatic hydroxyl groups is 1. The van der Waals surface area contributed by atoms with Crippen LogP contribution in [0.1, 0.15) is 62.8 Å². The molecule has 1 fully saturated rings. The van der Waals surface area contributed by atoms with E-state index in [1.54, 1.807) is 36.7 Å². The molecule has 1 N–H and O–H groups in total. The lowest BCUT2D eigenvalue weighted by Gasteiger charge is -2.26. The van der Waals surface area contributed by atoms with Crippen LogP contribution in [-0.2, 0) is 16.1 Å². The van der Waals surface area contributed by atoms with Gasteiger partial charge in [0, 0.05) is 43.3 Å². The number of carbonyl (C=O) groups excluding carboxylic acids is 2. The average molecular weight is 528 g/mol. The van der Waals surface area contributed by atoms with Crippen LogP contribution in [0, 0.1) is 0 Å². The van der Waals surface area contributed by atoms with Crippen molar-refractivity contribution in [2.75, 3.05) is 24.6 Å². The van der Waals surface area contributed by atoms with E-state index in [9.17, 15) is 14.7 Å². The number of amides is 1. The van der Waals surface area contributed by atoms with Crippen LogP contribution >= 0.6 is 0 Å². The van der Waals surface area contributed by atoms with E-state index >= 15 is 0 Å². The molecule has 2 heterocycles. The fourth-order valence-corrected chi connectivity index (χ4v) is 4.94. The number of ether oxygens (including phenoxy) is 1. The molecule has 2 aromatic carbocycles. The van der Waals surface area contributed by atoms with Crippen molar-refractivity contribution in [1.82, 2.24) is 9.88 Å². The summed E-state index contributed by atoms with van der Waals surface area (Å²) in [5, 5.41) is 11.4. The third-order valence-electron chi connectivity index (χ3n) is 7.12. The smallest absolute Gasteiger partial charge is 0.295 e. The number of rotatable bonds is 12. The van der Waals surface area contributed by atoms with Crippen molar-refractivity contribution in [3.8, 4) is 5.75 Å². The summed E-state index contributed by atoms with van der Waals surface area (Å²) in [6.45, 7) is 8.93. The molecule has 1 unspecified atom stereocenters. The second-order valence-corrected chi connectivity index (χ2v) is 9.63. The van der Waals surface area contributed by atoms with Crippen molar-refractivity contribution < 1.29 is 19.4 Å². The van der Waals surface area contributed by atoms with Crippen molar-refractivity contribution >= 4 is 23.1 Å². The fourth-order valence-electron chi connectivity index (χ4n) is 4.94. The molecule has 204 valence electrons. The molecule has 1 amide bonds. The number of likely N-dealkylation sites (tertiary alicyclic amines) is 1. The molecule has 1 aliphatic rings. The number of hydrogen-bond donors (Lipinski definition) is 1. The Balaban J connectivity index is 1.71. The number of aromatic nitrogens is 1. The van der Waals surface area contributed by atoms with Gasteiger partial charge >= 0.3 is 0 Å². The summed E-state index contributed by atoms with van der Waals surface area (Å²) in [4.78, 5) is 34.5. The highest BCUT2D eigenvalue weighted by Gasteiger charge is 2.46. The number of ketones is 1. The molecule has 3 aromatic rings. The molecule has 1 atom stereocenters. The lowest BCUT2D eigenvalue weighted by molar-refractivity contribution is -0.140. The third kappa shape index (κ3) is 6.30. The van der Waals surface area contributed by atoms with Crippen LogP contribution in [-0.4, -0.2) is 46.4 Å². The van der Waals surface area contributed by atoms with Crippen molar-refractivity contribution in [2.45, 2.75) is 52.6 Å². The summed E-state index contributed by atoms with van der Waals surface area (Å²) in [7, 11) is 0. The van der Waals surface area contributed by atoms with Gasteiger partial charge in [0.1, 0.15) is 11.5 Å². The minimum absolute atomic E-state index is 0.0845.